The molecule has 2 fully saturated rings. The van der Waals surface area contributed by atoms with Crippen molar-refractivity contribution in [2.45, 2.75) is 24.3 Å². The van der Waals surface area contributed by atoms with Crippen molar-refractivity contribution < 1.29 is 13.2 Å². The molecular formula is C31H35N5O3S. The van der Waals surface area contributed by atoms with E-state index in [1.54, 1.807) is 18.2 Å². The van der Waals surface area contributed by atoms with Gasteiger partial charge in [-0.3, -0.25) is 9.69 Å². The van der Waals surface area contributed by atoms with Gasteiger partial charge in [0, 0.05) is 56.2 Å². The number of hydrogen-bond donors (Lipinski definition) is 3. The third-order valence-electron chi connectivity index (χ3n) is 7.84. The molecule has 3 aromatic carbocycles. The van der Waals surface area contributed by atoms with Crippen LogP contribution in [0.15, 0.2) is 77.7 Å². The van der Waals surface area contributed by atoms with Crippen molar-refractivity contribution in [3.8, 4) is 0 Å². The molecule has 0 atom stereocenters. The van der Waals surface area contributed by atoms with Crippen molar-refractivity contribution in [1.82, 2.24) is 14.5 Å². The van der Waals surface area contributed by atoms with Crippen molar-refractivity contribution in [1.29, 1.82) is 0 Å². The average Bonchev–Trinajstić information content (AvgIpc) is 3.74. The summed E-state index contributed by atoms with van der Waals surface area (Å²) < 4.78 is 28.8. The second kappa shape index (κ2) is 11.2. The molecule has 6 rings (SSSR count). The number of likely N-dealkylation sites (N-methyl/N-ethyl adjacent to an activating group) is 1. The second-order valence-electron chi connectivity index (χ2n) is 11.0. The molecule has 3 aromatic rings. The van der Waals surface area contributed by atoms with E-state index in [0.29, 0.717) is 35.0 Å². The van der Waals surface area contributed by atoms with Crippen LogP contribution < -0.4 is 15.4 Å². The highest BCUT2D eigenvalue weighted by Gasteiger charge is 2.31. The van der Waals surface area contributed by atoms with Gasteiger partial charge in [-0.2, -0.15) is 0 Å². The number of carbonyl (C=O) groups excluding carboxylic acids is 1. The monoisotopic (exact) mass is 557 g/mol. The summed E-state index contributed by atoms with van der Waals surface area (Å²) in [5.74, 6) is 0.151. The van der Waals surface area contributed by atoms with E-state index in [0.717, 1.165) is 56.8 Å². The molecule has 1 aliphatic carbocycles. The highest BCUT2D eigenvalue weighted by atomic mass is 32.2. The van der Waals surface area contributed by atoms with E-state index in [1.165, 1.54) is 5.56 Å². The van der Waals surface area contributed by atoms with Crippen LogP contribution in [-0.4, -0.2) is 63.9 Å². The zero-order chi connectivity index (χ0) is 27.7. The molecule has 2 heterocycles. The Labute approximate surface area is 236 Å². The van der Waals surface area contributed by atoms with Crippen molar-refractivity contribution in [3.63, 3.8) is 0 Å². The number of hydrogen-bond acceptors (Lipinski definition) is 6. The fourth-order valence-corrected chi connectivity index (χ4v) is 6.32. The van der Waals surface area contributed by atoms with Crippen molar-refractivity contribution >= 4 is 38.6 Å². The van der Waals surface area contributed by atoms with Gasteiger partial charge in [0.2, 0.25) is 10.0 Å². The molecule has 0 spiro atoms. The fourth-order valence-electron chi connectivity index (χ4n) is 5.18. The number of anilines is 2. The fraction of sp³-hybridized carbons (Fsp3) is 0.323. The summed E-state index contributed by atoms with van der Waals surface area (Å²) in [4.78, 5) is 18.3. The summed E-state index contributed by atoms with van der Waals surface area (Å²) in [6.07, 6.45) is 2.11. The molecule has 40 heavy (non-hydrogen) atoms. The molecule has 208 valence electrons. The maximum absolute atomic E-state index is 13.3. The Morgan fingerprint density at radius 1 is 0.950 bits per heavy atom. The smallest absolute Gasteiger partial charge is 0.258 e. The van der Waals surface area contributed by atoms with Crippen LogP contribution in [0.25, 0.3) is 11.3 Å². The van der Waals surface area contributed by atoms with Gasteiger partial charge >= 0.3 is 0 Å². The minimum atomic E-state index is -3.69. The summed E-state index contributed by atoms with van der Waals surface area (Å²) in [6, 6.07) is 22.8. The van der Waals surface area contributed by atoms with E-state index < -0.39 is 10.0 Å². The lowest BCUT2D eigenvalue weighted by Gasteiger charge is -2.32. The van der Waals surface area contributed by atoms with Crippen LogP contribution >= 0.6 is 0 Å². The summed E-state index contributed by atoms with van der Waals surface area (Å²) in [5.41, 5.74) is 5.13. The Balaban J connectivity index is 1.31. The largest absolute Gasteiger partial charge is 0.354 e. The van der Waals surface area contributed by atoms with Gasteiger partial charge in [0.25, 0.3) is 5.91 Å². The van der Waals surface area contributed by atoms with Gasteiger partial charge in [-0.05, 0) is 67.3 Å². The Morgan fingerprint density at radius 3 is 2.38 bits per heavy atom. The Morgan fingerprint density at radius 2 is 1.68 bits per heavy atom. The molecule has 1 saturated carbocycles. The zero-order valence-corrected chi connectivity index (χ0v) is 23.5. The number of carbonyl (C=O) groups is 1. The first-order chi connectivity index (χ1) is 19.4. The zero-order valence-electron chi connectivity index (χ0n) is 22.7. The summed E-state index contributed by atoms with van der Waals surface area (Å²) in [7, 11) is -1.53. The van der Waals surface area contributed by atoms with Crippen LogP contribution in [0.1, 0.15) is 29.5 Å². The van der Waals surface area contributed by atoms with Gasteiger partial charge in [-0.1, -0.05) is 42.5 Å². The molecule has 0 unspecified atom stereocenters. The minimum Gasteiger partial charge on any atom is -0.354 e. The van der Waals surface area contributed by atoms with E-state index in [4.69, 9.17) is 0 Å². The average molecular weight is 558 g/mol. The second-order valence-corrected chi connectivity index (χ2v) is 12.7. The molecule has 0 bridgehead atoms. The number of amides is 1. The third-order valence-corrected chi connectivity index (χ3v) is 9.26. The van der Waals surface area contributed by atoms with Crippen LogP contribution in [-0.2, 0) is 21.4 Å². The van der Waals surface area contributed by atoms with Crippen LogP contribution in [0, 0.1) is 5.92 Å². The lowest BCUT2D eigenvalue weighted by molar-refractivity contribution is -0.110. The molecule has 3 N–H and O–H groups in total. The topological polar surface area (TPSA) is 93.8 Å². The standard InChI is InChI=1S/C31H35N5O3S/c1-35-15-17-36(18-16-35)21-23-9-11-25(12-10-23)33-30(24-5-3-2-4-6-24)29-27-19-26(13-14-28(27)34-31(29)37)40(38,39)32-20-22-7-8-22/h2-6,9-14,19,22,32-33H,7-8,15-18,20-21H2,1H3,(H,34,37)/b30-29-. The van der Waals surface area contributed by atoms with Gasteiger partial charge in [-0.15, -0.1) is 0 Å². The molecule has 0 radical (unpaired) electrons. The van der Waals surface area contributed by atoms with E-state index >= 15 is 0 Å². The predicted octanol–water partition coefficient (Wildman–Crippen LogP) is 4.05. The number of nitrogens with zero attached hydrogens (tertiary/aromatic N) is 2. The first kappa shape index (κ1) is 26.7. The summed E-state index contributed by atoms with van der Waals surface area (Å²) in [6.45, 7) is 5.63. The summed E-state index contributed by atoms with van der Waals surface area (Å²) in [5, 5.41) is 6.40. The van der Waals surface area contributed by atoms with Gasteiger partial charge in [0.15, 0.2) is 0 Å². The lowest BCUT2D eigenvalue weighted by Crippen LogP contribution is -2.43. The first-order valence-corrected chi connectivity index (χ1v) is 15.4. The van der Waals surface area contributed by atoms with Crippen LogP contribution in [0.2, 0.25) is 0 Å². The number of rotatable bonds is 9. The number of fused-ring (bicyclic) bond motifs is 1. The molecule has 0 aromatic heterocycles. The van der Waals surface area contributed by atoms with Crippen molar-refractivity contribution in [2.75, 3.05) is 50.4 Å². The molecule has 3 aliphatic rings. The quantitative estimate of drug-likeness (QED) is 0.344. The number of nitrogens with one attached hydrogen (secondary N) is 3. The lowest BCUT2D eigenvalue weighted by atomic mass is 10.00. The number of benzene rings is 3. The maximum Gasteiger partial charge on any atom is 0.258 e. The normalized spacial score (nSPS) is 19.3. The number of sulfonamides is 1. The van der Waals surface area contributed by atoms with Gasteiger partial charge in [0.05, 0.1) is 16.2 Å². The van der Waals surface area contributed by atoms with E-state index in [1.807, 2.05) is 42.5 Å². The highest BCUT2D eigenvalue weighted by Crippen LogP contribution is 2.39. The van der Waals surface area contributed by atoms with Crippen LogP contribution in [0.3, 0.4) is 0 Å². The molecular weight excluding hydrogens is 522 g/mol. The predicted molar refractivity (Wildman–Crippen MR) is 159 cm³/mol. The Hall–Kier alpha value is -3.50. The maximum atomic E-state index is 13.3. The Kier molecular flexibility index (Phi) is 7.46. The molecule has 2 aliphatic heterocycles. The molecule has 1 amide bonds. The van der Waals surface area contributed by atoms with Crippen LogP contribution in [0.5, 0.6) is 0 Å². The first-order valence-electron chi connectivity index (χ1n) is 13.9. The van der Waals surface area contributed by atoms with Crippen molar-refractivity contribution in [3.05, 3.63) is 89.5 Å². The highest BCUT2D eigenvalue weighted by molar-refractivity contribution is 7.89. The minimum absolute atomic E-state index is 0.154. The Bertz CT molecular complexity index is 1520. The number of piperazine rings is 1. The van der Waals surface area contributed by atoms with E-state index in [-0.39, 0.29) is 10.8 Å². The van der Waals surface area contributed by atoms with Gasteiger partial charge in [-0.25, -0.2) is 13.1 Å². The summed E-state index contributed by atoms with van der Waals surface area (Å²) >= 11 is 0. The molecule has 8 nitrogen and oxygen atoms in total. The molecule has 1 saturated heterocycles. The SMILES string of the molecule is CN1CCN(Cc2ccc(N/C(=C3\C(=O)Nc4ccc(S(=O)(=O)NCC5CC5)cc43)c3ccccc3)cc2)CC1. The van der Waals surface area contributed by atoms with E-state index in [2.05, 4.69) is 44.3 Å². The van der Waals surface area contributed by atoms with E-state index in [9.17, 15) is 13.2 Å². The van der Waals surface area contributed by atoms with Gasteiger partial charge in [0.1, 0.15) is 0 Å². The van der Waals surface area contributed by atoms with Crippen molar-refractivity contribution in [2.24, 2.45) is 5.92 Å². The third kappa shape index (κ3) is 5.97. The van der Waals surface area contributed by atoms with Crippen LogP contribution in [0.4, 0.5) is 11.4 Å². The molecule has 9 heteroatoms. The van der Waals surface area contributed by atoms with Gasteiger partial charge < -0.3 is 15.5 Å².